The molecule has 0 saturated heterocycles. The molecule has 1 heterocycles. The first-order valence-corrected chi connectivity index (χ1v) is 8.49. The SMILES string of the molecule is CCCNC(c1cc(Cl)cc(Cl)c1)c1ccc(CC)s1. The number of benzene rings is 1. The Morgan fingerprint density at radius 3 is 2.35 bits per heavy atom. The molecule has 2 rings (SSSR count). The van der Waals surface area contributed by atoms with Gasteiger partial charge in [0, 0.05) is 19.8 Å². The van der Waals surface area contributed by atoms with Gasteiger partial charge in [-0.1, -0.05) is 37.0 Å². The van der Waals surface area contributed by atoms with Crippen molar-refractivity contribution in [2.75, 3.05) is 6.54 Å². The summed E-state index contributed by atoms with van der Waals surface area (Å²) in [6.45, 7) is 5.31. The van der Waals surface area contributed by atoms with E-state index in [9.17, 15) is 0 Å². The quantitative estimate of drug-likeness (QED) is 0.716. The van der Waals surface area contributed by atoms with E-state index in [4.69, 9.17) is 23.2 Å². The lowest BCUT2D eigenvalue weighted by Gasteiger charge is -2.18. The smallest absolute Gasteiger partial charge is 0.0672 e. The summed E-state index contributed by atoms with van der Waals surface area (Å²) >= 11 is 14.1. The zero-order valence-corrected chi connectivity index (χ0v) is 14.1. The van der Waals surface area contributed by atoms with Gasteiger partial charge in [-0.25, -0.2) is 0 Å². The number of halogens is 2. The van der Waals surface area contributed by atoms with E-state index in [1.807, 2.05) is 23.5 Å². The predicted molar refractivity (Wildman–Crippen MR) is 90.3 cm³/mol. The van der Waals surface area contributed by atoms with Crippen LogP contribution in [0.2, 0.25) is 10.0 Å². The molecule has 20 heavy (non-hydrogen) atoms. The lowest BCUT2D eigenvalue weighted by Crippen LogP contribution is -2.22. The van der Waals surface area contributed by atoms with Crippen LogP contribution >= 0.6 is 34.5 Å². The third-order valence-corrected chi connectivity index (χ3v) is 4.86. The largest absolute Gasteiger partial charge is 0.306 e. The standard InChI is InChI=1S/C16H19Cl2NS/c1-3-7-19-16(15-6-5-14(4-2)20-15)11-8-12(17)10-13(18)9-11/h5-6,8-10,16,19H,3-4,7H2,1-2H3. The van der Waals surface area contributed by atoms with Gasteiger partial charge in [0.05, 0.1) is 6.04 Å². The summed E-state index contributed by atoms with van der Waals surface area (Å²) in [5.74, 6) is 0. The van der Waals surface area contributed by atoms with Gasteiger partial charge < -0.3 is 5.32 Å². The minimum absolute atomic E-state index is 0.163. The molecule has 1 N–H and O–H groups in total. The fraction of sp³-hybridized carbons (Fsp3) is 0.375. The summed E-state index contributed by atoms with van der Waals surface area (Å²) < 4.78 is 0. The molecule has 1 aromatic heterocycles. The van der Waals surface area contributed by atoms with E-state index in [1.54, 1.807) is 6.07 Å². The average molecular weight is 328 g/mol. The first-order valence-electron chi connectivity index (χ1n) is 6.92. The molecule has 4 heteroatoms. The van der Waals surface area contributed by atoms with Crippen LogP contribution in [0.25, 0.3) is 0 Å². The molecule has 0 aliphatic rings. The molecule has 1 nitrogen and oxygen atoms in total. The minimum atomic E-state index is 0.163. The number of aryl methyl sites for hydroxylation is 1. The van der Waals surface area contributed by atoms with Crippen LogP contribution in [-0.2, 0) is 6.42 Å². The predicted octanol–water partition coefficient (Wildman–Crippen LogP) is 5.71. The first-order chi connectivity index (χ1) is 9.63. The molecule has 0 amide bonds. The zero-order valence-electron chi connectivity index (χ0n) is 11.7. The third-order valence-electron chi connectivity index (χ3n) is 3.13. The molecular formula is C16H19Cl2NS. The highest BCUT2D eigenvalue weighted by Gasteiger charge is 2.16. The molecule has 0 aliphatic carbocycles. The number of nitrogens with one attached hydrogen (secondary N) is 1. The Morgan fingerprint density at radius 1 is 1.10 bits per heavy atom. The molecule has 0 spiro atoms. The number of hydrogen-bond acceptors (Lipinski definition) is 2. The summed E-state index contributed by atoms with van der Waals surface area (Å²) in [5, 5.41) is 4.95. The van der Waals surface area contributed by atoms with E-state index in [0.29, 0.717) is 10.0 Å². The maximum Gasteiger partial charge on any atom is 0.0672 e. The van der Waals surface area contributed by atoms with Crippen LogP contribution in [0.5, 0.6) is 0 Å². The second-order valence-corrected chi connectivity index (χ2v) is 6.82. The number of thiophene rings is 1. The molecule has 0 bridgehead atoms. The van der Waals surface area contributed by atoms with Crippen molar-refractivity contribution < 1.29 is 0 Å². The molecule has 1 atom stereocenters. The fourth-order valence-corrected chi connectivity index (χ4v) is 3.75. The van der Waals surface area contributed by atoms with Crippen molar-refractivity contribution in [3.8, 4) is 0 Å². The van der Waals surface area contributed by atoms with Gasteiger partial charge in [-0.2, -0.15) is 0 Å². The fourth-order valence-electron chi connectivity index (χ4n) is 2.15. The maximum absolute atomic E-state index is 6.14. The minimum Gasteiger partial charge on any atom is -0.306 e. The Kier molecular flexibility index (Phi) is 5.91. The summed E-state index contributed by atoms with van der Waals surface area (Å²) in [6.07, 6.45) is 2.16. The van der Waals surface area contributed by atoms with Gasteiger partial charge in [-0.15, -0.1) is 11.3 Å². The lowest BCUT2D eigenvalue weighted by atomic mass is 10.1. The molecule has 0 saturated carbocycles. The van der Waals surface area contributed by atoms with Crippen LogP contribution in [0.1, 0.15) is 41.6 Å². The molecule has 0 fully saturated rings. The van der Waals surface area contributed by atoms with Crippen molar-refractivity contribution in [1.29, 1.82) is 0 Å². The van der Waals surface area contributed by atoms with Crippen LogP contribution in [0.3, 0.4) is 0 Å². The van der Waals surface area contributed by atoms with Crippen molar-refractivity contribution in [3.05, 3.63) is 55.7 Å². The highest BCUT2D eigenvalue weighted by molar-refractivity contribution is 7.12. The molecule has 1 unspecified atom stereocenters. The van der Waals surface area contributed by atoms with Gasteiger partial charge in [0.2, 0.25) is 0 Å². The van der Waals surface area contributed by atoms with Crippen molar-refractivity contribution in [2.24, 2.45) is 0 Å². The van der Waals surface area contributed by atoms with E-state index < -0.39 is 0 Å². The van der Waals surface area contributed by atoms with Gasteiger partial charge in [0.25, 0.3) is 0 Å². The highest BCUT2D eigenvalue weighted by Crippen LogP contribution is 2.32. The van der Waals surface area contributed by atoms with E-state index >= 15 is 0 Å². The lowest BCUT2D eigenvalue weighted by molar-refractivity contribution is 0.606. The second-order valence-electron chi connectivity index (χ2n) is 4.75. The van der Waals surface area contributed by atoms with Crippen molar-refractivity contribution in [2.45, 2.75) is 32.7 Å². The normalized spacial score (nSPS) is 12.6. The summed E-state index contributed by atoms with van der Waals surface area (Å²) in [5.41, 5.74) is 1.13. The van der Waals surface area contributed by atoms with Crippen LogP contribution in [0.15, 0.2) is 30.3 Å². The molecule has 0 radical (unpaired) electrons. The summed E-state index contributed by atoms with van der Waals surface area (Å²) in [7, 11) is 0. The summed E-state index contributed by atoms with van der Waals surface area (Å²) in [4.78, 5) is 2.71. The van der Waals surface area contributed by atoms with E-state index in [-0.39, 0.29) is 6.04 Å². The second kappa shape index (κ2) is 7.46. The Morgan fingerprint density at radius 2 is 1.80 bits per heavy atom. The zero-order chi connectivity index (χ0) is 14.5. The van der Waals surface area contributed by atoms with E-state index in [2.05, 4.69) is 31.3 Å². The van der Waals surface area contributed by atoms with Gasteiger partial charge in [-0.3, -0.25) is 0 Å². The molecule has 108 valence electrons. The molecule has 0 aliphatic heterocycles. The van der Waals surface area contributed by atoms with E-state index in [1.165, 1.54) is 9.75 Å². The maximum atomic E-state index is 6.14. The van der Waals surface area contributed by atoms with Crippen molar-refractivity contribution in [3.63, 3.8) is 0 Å². The molecular weight excluding hydrogens is 309 g/mol. The Bertz CT molecular complexity index is 545. The van der Waals surface area contributed by atoms with Crippen molar-refractivity contribution >= 4 is 34.5 Å². The summed E-state index contributed by atoms with van der Waals surface area (Å²) in [6, 6.07) is 10.3. The monoisotopic (exact) mass is 327 g/mol. The molecule has 2 aromatic rings. The topological polar surface area (TPSA) is 12.0 Å². The van der Waals surface area contributed by atoms with Gasteiger partial charge in [0.15, 0.2) is 0 Å². The van der Waals surface area contributed by atoms with Gasteiger partial charge in [0.1, 0.15) is 0 Å². The average Bonchev–Trinajstić information content (AvgIpc) is 2.87. The first kappa shape index (κ1) is 15.8. The number of rotatable bonds is 6. The number of hydrogen-bond donors (Lipinski definition) is 1. The van der Waals surface area contributed by atoms with Gasteiger partial charge >= 0.3 is 0 Å². The van der Waals surface area contributed by atoms with Crippen LogP contribution in [0.4, 0.5) is 0 Å². The Labute approximate surface area is 134 Å². The third kappa shape index (κ3) is 3.98. The van der Waals surface area contributed by atoms with Crippen molar-refractivity contribution in [1.82, 2.24) is 5.32 Å². The van der Waals surface area contributed by atoms with Crippen LogP contribution in [0, 0.1) is 0 Å². The Hall–Kier alpha value is -0.540. The van der Waals surface area contributed by atoms with Crippen LogP contribution < -0.4 is 5.32 Å². The Balaban J connectivity index is 2.35. The van der Waals surface area contributed by atoms with E-state index in [0.717, 1.165) is 24.9 Å². The van der Waals surface area contributed by atoms with Crippen LogP contribution in [-0.4, -0.2) is 6.54 Å². The van der Waals surface area contributed by atoms with Gasteiger partial charge in [-0.05, 0) is 55.3 Å². The molecule has 1 aromatic carbocycles. The highest BCUT2D eigenvalue weighted by atomic mass is 35.5.